The Morgan fingerprint density at radius 2 is 2.00 bits per heavy atom. The fourth-order valence-electron chi connectivity index (χ4n) is 2.17. The molecule has 1 heterocycles. The molecule has 120 valence electrons. The van der Waals surface area contributed by atoms with Crippen LogP contribution < -0.4 is 5.32 Å². The summed E-state index contributed by atoms with van der Waals surface area (Å²) in [6.45, 7) is 6.20. The van der Waals surface area contributed by atoms with Crippen LogP contribution in [0.1, 0.15) is 36.8 Å². The van der Waals surface area contributed by atoms with Crippen molar-refractivity contribution >= 4 is 6.03 Å². The van der Waals surface area contributed by atoms with Gasteiger partial charge in [-0.2, -0.15) is 18.3 Å². The number of amides is 2. The molecule has 0 aliphatic carbocycles. The van der Waals surface area contributed by atoms with E-state index in [0.29, 0.717) is 23.5 Å². The average molecular weight is 306 g/mol. The second-order valence-corrected chi connectivity index (χ2v) is 5.04. The maximum absolute atomic E-state index is 12.5. The minimum Gasteiger partial charge on any atom is -0.331 e. The largest absolute Gasteiger partial charge is 0.408 e. The van der Waals surface area contributed by atoms with E-state index >= 15 is 0 Å². The predicted molar refractivity (Wildman–Crippen MR) is 73.0 cm³/mol. The number of halogens is 3. The third-order valence-electron chi connectivity index (χ3n) is 3.36. The Hall–Kier alpha value is -1.73. The minimum atomic E-state index is -4.32. The molecule has 0 aliphatic heterocycles. The molecule has 0 aliphatic rings. The standard InChI is InChI=1S/C13H21F3N4O/c1-6-19(5)12(21)17-8(2)11-9(3)18-20(10(11)4)7-13(14,15)16/h8H,6-7H2,1-5H3,(H,17,21). The normalized spacial score (nSPS) is 13.1. The van der Waals surface area contributed by atoms with Crippen molar-refractivity contribution in [3.05, 3.63) is 17.0 Å². The molecule has 8 heteroatoms. The van der Waals surface area contributed by atoms with Crippen molar-refractivity contribution in [2.24, 2.45) is 0 Å². The predicted octanol–water partition coefficient (Wildman–Crippen LogP) is 2.78. The molecule has 1 unspecified atom stereocenters. The number of rotatable bonds is 4. The van der Waals surface area contributed by atoms with Crippen LogP contribution in [0.25, 0.3) is 0 Å². The number of nitrogens with one attached hydrogen (secondary N) is 1. The van der Waals surface area contributed by atoms with E-state index in [1.165, 1.54) is 4.90 Å². The monoisotopic (exact) mass is 306 g/mol. The van der Waals surface area contributed by atoms with E-state index < -0.39 is 18.8 Å². The number of hydrogen-bond acceptors (Lipinski definition) is 2. The fourth-order valence-corrected chi connectivity index (χ4v) is 2.17. The SMILES string of the molecule is CCN(C)C(=O)NC(C)c1c(C)nn(CC(F)(F)F)c1C. The second kappa shape index (κ2) is 6.36. The van der Waals surface area contributed by atoms with Crippen molar-refractivity contribution in [2.45, 2.75) is 46.5 Å². The van der Waals surface area contributed by atoms with Crippen molar-refractivity contribution in [2.75, 3.05) is 13.6 Å². The highest BCUT2D eigenvalue weighted by Crippen LogP contribution is 2.25. The van der Waals surface area contributed by atoms with E-state index in [0.717, 1.165) is 4.68 Å². The molecular formula is C13H21F3N4O. The lowest BCUT2D eigenvalue weighted by Gasteiger charge is -2.20. The lowest BCUT2D eigenvalue weighted by atomic mass is 10.1. The van der Waals surface area contributed by atoms with Crippen LogP contribution in [-0.2, 0) is 6.54 Å². The molecule has 21 heavy (non-hydrogen) atoms. The van der Waals surface area contributed by atoms with E-state index in [9.17, 15) is 18.0 Å². The van der Waals surface area contributed by atoms with Crippen molar-refractivity contribution in [3.63, 3.8) is 0 Å². The summed E-state index contributed by atoms with van der Waals surface area (Å²) in [5, 5.41) is 6.68. The van der Waals surface area contributed by atoms with Gasteiger partial charge in [-0.15, -0.1) is 0 Å². The van der Waals surface area contributed by atoms with Gasteiger partial charge in [0.15, 0.2) is 0 Å². The second-order valence-electron chi connectivity index (χ2n) is 5.04. The molecule has 0 spiro atoms. The highest BCUT2D eigenvalue weighted by Gasteiger charge is 2.31. The van der Waals surface area contributed by atoms with Crippen LogP contribution in [0.3, 0.4) is 0 Å². The van der Waals surface area contributed by atoms with Gasteiger partial charge >= 0.3 is 12.2 Å². The van der Waals surface area contributed by atoms with Crippen LogP contribution in [0.5, 0.6) is 0 Å². The Morgan fingerprint density at radius 3 is 2.48 bits per heavy atom. The van der Waals surface area contributed by atoms with Crippen LogP contribution >= 0.6 is 0 Å². The quantitative estimate of drug-likeness (QED) is 0.930. The lowest BCUT2D eigenvalue weighted by molar-refractivity contribution is -0.143. The lowest BCUT2D eigenvalue weighted by Crippen LogP contribution is -2.38. The Balaban J connectivity index is 2.95. The number of nitrogens with zero attached hydrogens (tertiary/aromatic N) is 3. The van der Waals surface area contributed by atoms with Gasteiger partial charge in [0.05, 0.1) is 11.7 Å². The Morgan fingerprint density at radius 1 is 1.43 bits per heavy atom. The molecule has 0 fully saturated rings. The Labute approximate surface area is 122 Å². The first-order valence-corrected chi connectivity index (χ1v) is 6.69. The van der Waals surface area contributed by atoms with Crippen LogP contribution in [0.4, 0.5) is 18.0 Å². The maximum atomic E-state index is 12.5. The molecule has 0 radical (unpaired) electrons. The van der Waals surface area contributed by atoms with Gasteiger partial charge in [-0.3, -0.25) is 4.68 Å². The molecule has 0 bridgehead atoms. The zero-order chi connectivity index (χ0) is 16.4. The molecule has 0 saturated heterocycles. The first-order chi connectivity index (χ1) is 9.56. The fraction of sp³-hybridized carbons (Fsp3) is 0.692. The summed E-state index contributed by atoms with van der Waals surface area (Å²) in [6.07, 6.45) is -4.32. The van der Waals surface area contributed by atoms with E-state index in [4.69, 9.17) is 0 Å². The summed E-state index contributed by atoms with van der Waals surface area (Å²) < 4.78 is 38.4. The van der Waals surface area contributed by atoms with Crippen LogP contribution in [-0.4, -0.2) is 40.5 Å². The number of aromatic nitrogens is 2. The summed E-state index contributed by atoms with van der Waals surface area (Å²) in [5.74, 6) is 0. The van der Waals surface area contributed by atoms with Crippen molar-refractivity contribution in [1.82, 2.24) is 20.0 Å². The summed E-state index contributed by atoms with van der Waals surface area (Å²) in [4.78, 5) is 13.3. The molecule has 0 aromatic carbocycles. The summed E-state index contributed by atoms with van der Waals surface area (Å²) in [5.41, 5.74) is 1.53. The zero-order valence-electron chi connectivity index (χ0n) is 12.9. The molecule has 1 rings (SSSR count). The van der Waals surface area contributed by atoms with Gasteiger partial charge in [0.2, 0.25) is 0 Å². The summed E-state index contributed by atoms with van der Waals surface area (Å²) >= 11 is 0. The number of urea groups is 1. The highest BCUT2D eigenvalue weighted by molar-refractivity contribution is 5.74. The van der Waals surface area contributed by atoms with Crippen LogP contribution in [0.15, 0.2) is 0 Å². The van der Waals surface area contributed by atoms with Gasteiger partial charge in [-0.25, -0.2) is 4.79 Å². The van der Waals surface area contributed by atoms with Crippen molar-refractivity contribution in [1.29, 1.82) is 0 Å². The third kappa shape index (κ3) is 4.37. The molecule has 0 saturated carbocycles. The Kier molecular flexibility index (Phi) is 5.25. The van der Waals surface area contributed by atoms with E-state index in [1.807, 2.05) is 6.92 Å². The molecule has 1 atom stereocenters. The number of hydrogen-bond donors (Lipinski definition) is 1. The van der Waals surface area contributed by atoms with Crippen molar-refractivity contribution < 1.29 is 18.0 Å². The number of carbonyl (C=O) groups excluding carboxylic acids is 1. The van der Waals surface area contributed by atoms with Gasteiger partial charge in [0, 0.05) is 24.8 Å². The first kappa shape index (κ1) is 17.3. The Bertz CT molecular complexity index is 510. The smallest absolute Gasteiger partial charge is 0.331 e. The molecule has 1 aromatic heterocycles. The average Bonchev–Trinajstić information content (AvgIpc) is 2.60. The van der Waals surface area contributed by atoms with Crippen molar-refractivity contribution in [3.8, 4) is 0 Å². The number of aryl methyl sites for hydroxylation is 1. The van der Waals surface area contributed by atoms with Gasteiger partial charge in [-0.1, -0.05) is 0 Å². The molecule has 1 N–H and O–H groups in total. The van der Waals surface area contributed by atoms with Gasteiger partial charge < -0.3 is 10.2 Å². The van der Waals surface area contributed by atoms with Crippen LogP contribution in [0.2, 0.25) is 0 Å². The topological polar surface area (TPSA) is 50.2 Å². The van der Waals surface area contributed by atoms with E-state index in [2.05, 4.69) is 10.4 Å². The zero-order valence-corrected chi connectivity index (χ0v) is 12.9. The van der Waals surface area contributed by atoms with E-state index in [-0.39, 0.29) is 6.03 Å². The van der Waals surface area contributed by atoms with Gasteiger partial charge in [0.1, 0.15) is 6.54 Å². The first-order valence-electron chi connectivity index (χ1n) is 6.69. The number of carbonyl (C=O) groups is 1. The molecule has 5 nitrogen and oxygen atoms in total. The van der Waals surface area contributed by atoms with Gasteiger partial charge in [-0.05, 0) is 27.7 Å². The van der Waals surface area contributed by atoms with E-state index in [1.54, 1.807) is 27.8 Å². The molecule has 1 aromatic rings. The number of alkyl halides is 3. The molecular weight excluding hydrogens is 285 g/mol. The molecule has 2 amide bonds. The summed E-state index contributed by atoms with van der Waals surface area (Å²) in [7, 11) is 1.65. The van der Waals surface area contributed by atoms with Gasteiger partial charge in [0.25, 0.3) is 0 Å². The highest BCUT2D eigenvalue weighted by atomic mass is 19.4. The third-order valence-corrected chi connectivity index (χ3v) is 3.36. The van der Waals surface area contributed by atoms with Crippen LogP contribution in [0, 0.1) is 13.8 Å². The minimum absolute atomic E-state index is 0.271. The maximum Gasteiger partial charge on any atom is 0.408 e. The summed E-state index contributed by atoms with van der Waals surface area (Å²) in [6, 6.07) is -0.680.